The summed E-state index contributed by atoms with van der Waals surface area (Å²) in [5.74, 6) is 3.41. The average molecular weight is 408 g/mol. The molecule has 6 rings (SSSR count). The number of nitrogens with zero attached hydrogens (tertiary/aromatic N) is 3. The van der Waals surface area contributed by atoms with Crippen molar-refractivity contribution in [3.8, 4) is 11.8 Å². The Balaban J connectivity index is 1.43. The van der Waals surface area contributed by atoms with Crippen LogP contribution in [0.15, 0.2) is 24.3 Å². The largest absolute Gasteiger partial charge is 0.497 e. The van der Waals surface area contributed by atoms with Crippen LogP contribution in [-0.4, -0.2) is 47.5 Å². The fourth-order valence-electron chi connectivity index (χ4n) is 6.97. The number of methoxy groups -OCH3 is 1. The summed E-state index contributed by atoms with van der Waals surface area (Å²) in [6, 6.07) is 10.8. The van der Waals surface area contributed by atoms with E-state index in [1.54, 1.807) is 7.11 Å². The summed E-state index contributed by atoms with van der Waals surface area (Å²) in [7, 11) is 1.69. The summed E-state index contributed by atoms with van der Waals surface area (Å²) >= 11 is 0. The first-order valence-electron chi connectivity index (χ1n) is 11.6. The van der Waals surface area contributed by atoms with Gasteiger partial charge in [0.05, 0.1) is 26.3 Å². The van der Waals surface area contributed by atoms with Crippen molar-refractivity contribution in [2.45, 2.75) is 69.5 Å². The van der Waals surface area contributed by atoms with Crippen LogP contribution in [-0.2, 0) is 11.3 Å². The molecule has 1 aromatic rings. The molecule has 5 saturated carbocycles. The van der Waals surface area contributed by atoms with Gasteiger partial charge in [0.15, 0.2) is 0 Å². The van der Waals surface area contributed by atoms with Gasteiger partial charge >= 0.3 is 0 Å². The molecule has 5 heteroatoms. The molecular formula is C25H33N3O2. The quantitative estimate of drug-likeness (QED) is 0.612. The van der Waals surface area contributed by atoms with Crippen LogP contribution < -0.4 is 4.74 Å². The third-order valence-corrected chi connectivity index (χ3v) is 8.03. The Morgan fingerprint density at radius 1 is 1.17 bits per heavy atom. The molecule has 1 aromatic carbocycles. The Hall–Kier alpha value is -2.06. The Morgan fingerprint density at radius 3 is 2.40 bits per heavy atom. The maximum absolute atomic E-state index is 13.8. The monoisotopic (exact) mass is 407 g/mol. The topological polar surface area (TPSA) is 56.6 Å². The predicted molar refractivity (Wildman–Crippen MR) is 115 cm³/mol. The molecule has 0 aliphatic heterocycles. The lowest BCUT2D eigenvalue weighted by molar-refractivity contribution is -0.153. The van der Waals surface area contributed by atoms with E-state index < -0.39 is 0 Å². The summed E-state index contributed by atoms with van der Waals surface area (Å²) in [4.78, 5) is 18.1. The van der Waals surface area contributed by atoms with Gasteiger partial charge in [-0.25, -0.2) is 0 Å². The zero-order valence-corrected chi connectivity index (χ0v) is 18.1. The van der Waals surface area contributed by atoms with Gasteiger partial charge in [0.2, 0.25) is 5.91 Å². The maximum Gasteiger partial charge on any atom is 0.237 e. The average Bonchev–Trinajstić information content (AvgIpc) is 3.56. The Morgan fingerprint density at radius 2 is 1.83 bits per heavy atom. The van der Waals surface area contributed by atoms with Gasteiger partial charge in [-0.2, -0.15) is 5.26 Å². The molecule has 1 amide bonds. The minimum Gasteiger partial charge on any atom is -0.497 e. The van der Waals surface area contributed by atoms with Crippen molar-refractivity contribution < 1.29 is 9.53 Å². The van der Waals surface area contributed by atoms with E-state index in [0.717, 1.165) is 61.2 Å². The first-order chi connectivity index (χ1) is 14.6. The van der Waals surface area contributed by atoms with E-state index in [9.17, 15) is 10.1 Å². The van der Waals surface area contributed by atoms with Crippen LogP contribution in [0.25, 0.3) is 0 Å². The van der Waals surface area contributed by atoms with E-state index in [2.05, 4.69) is 28.0 Å². The number of hydrogen-bond donors (Lipinski definition) is 0. The van der Waals surface area contributed by atoms with E-state index in [-0.39, 0.29) is 11.4 Å². The zero-order chi connectivity index (χ0) is 20.7. The van der Waals surface area contributed by atoms with Crippen molar-refractivity contribution in [1.29, 1.82) is 5.26 Å². The van der Waals surface area contributed by atoms with Gasteiger partial charge in [0, 0.05) is 18.1 Å². The van der Waals surface area contributed by atoms with Crippen molar-refractivity contribution in [3.05, 3.63) is 29.8 Å². The highest BCUT2D eigenvalue weighted by molar-refractivity contribution is 5.79. The van der Waals surface area contributed by atoms with Gasteiger partial charge in [-0.15, -0.1) is 0 Å². The lowest BCUT2D eigenvalue weighted by atomic mass is 9.52. The molecule has 0 saturated heterocycles. The van der Waals surface area contributed by atoms with Gasteiger partial charge in [0.1, 0.15) is 5.75 Å². The zero-order valence-electron chi connectivity index (χ0n) is 18.1. The predicted octanol–water partition coefficient (Wildman–Crippen LogP) is 3.98. The number of benzene rings is 1. The molecule has 0 heterocycles. The van der Waals surface area contributed by atoms with Crippen LogP contribution in [0.1, 0.15) is 56.9 Å². The molecule has 5 nitrogen and oxygen atoms in total. The molecule has 4 bridgehead atoms. The van der Waals surface area contributed by atoms with E-state index in [1.807, 2.05) is 12.1 Å². The number of nitriles is 1. The Labute approximate surface area is 180 Å². The second-order valence-electron chi connectivity index (χ2n) is 10.3. The summed E-state index contributed by atoms with van der Waals surface area (Å²) in [5.41, 5.74) is 1.15. The van der Waals surface area contributed by atoms with E-state index >= 15 is 0 Å². The van der Waals surface area contributed by atoms with Gasteiger partial charge in [-0.3, -0.25) is 9.69 Å². The molecule has 0 aromatic heterocycles. The van der Waals surface area contributed by atoms with Crippen molar-refractivity contribution in [3.63, 3.8) is 0 Å². The van der Waals surface area contributed by atoms with Crippen LogP contribution in [0.5, 0.6) is 5.75 Å². The minimum absolute atomic E-state index is 0.0107. The lowest BCUT2D eigenvalue weighted by Gasteiger charge is -2.60. The molecule has 0 spiro atoms. The van der Waals surface area contributed by atoms with Gasteiger partial charge in [-0.05, 0) is 86.8 Å². The first-order valence-corrected chi connectivity index (χ1v) is 11.6. The van der Waals surface area contributed by atoms with E-state index in [4.69, 9.17) is 4.74 Å². The number of ether oxygens (including phenoxy) is 1. The summed E-state index contributed by atoms with van der Waals surface area (Å²) in [5, 5.41) is 9.26. The first kappa shape index (κ1) is 19.9. The fourth-order valence-corrected chi connectivity index (χ4v) is 6.97. The van der Waals surface area contributed by atoms with Crippen LogP contribution in [0.4, 0.5) is 0 Å². The van der Waals surface area contributed by atoms with Crippen LogP contribution in [0.2, 0.25) is 0 Å². The second kappa shape index (κ2) is 7.89. The highest BCUT2D eigenvalue weighted by Crippen LogP contribution is 2.58. The number of hydrogen-bond acceptors (Lipinski definition) is 4. The summed E-state index contributed by atoms with van der Waals surface area (Å²) in [6.45, 7) is 1.38. The van der Waals surface area contributed by atoms with Gasteiger partial charge < -0.3 is 9.64 Å². The highest BCUT2D eigenvalue weighted by Gasteiger charge is 2.54. The number of carbonyl (C=O) groups excluding carboxylic acids is 1. The Bertz CT molecular complexity index is 806. The maximum atomic E-state index is 13.8. The highest BCUT2D eigenvalue weighted by atomic mass is 16.5. The van der Waals surface area contributed by atoms with Crippen molar-refractivity contribution in [1.82, 2.24) is 9.80 Å². The van der Waals surface area contributed by atoms with Crippen molar-refractivity contribution >= 4 is 5.91 Å². The normalized spacial score (nSPS) is 31.6. The number of rotatable bonds is 8. The third kappa shape index (κ3) is 3.83. The van der Waals surface area contributed by atoms with Crippen molar-refractivity contribution in [2.75, 3.05) is 20.2 Å². The molecule has 0 unspecified atom stereocenters. The Kier molecular flexibility index (Phi) is 5.23. The summed E-state index contributed by atoms with van der Waals surface area (Å²) in [6.07, 6.45) is 9.81. The molecule has 5 aliphatic rings. The van der Waals surface area contributed by atoms with Gasteiger partial charge in [-0.1, -0.05) is 12.1 Å². The molecular weight excluding hydrogens is 374 g/mol. The van der Waals surface area contributed by atoms with Crippen LogP contribution >= 0.6 is 0 Å². The number of carbonyl (C=O) groups is 1. The molecule has 0 radical (unpaired) electrons. The molecule has 0 N–H and O–H groups in total. The summed E-state index contributed by atoms with van der Waals surface area (Å²) < 4.78 is 5.43. The lowest BCUT2D eigenvalue weighted by Crippen LogP contribution is -2.62. The van der Waals surface area contributed by atoms with Crippen LogP contribution in [0.3, 0.4) is 0 Å². The molecule has 5 aliphatic carbocycles. The smallest absolute Gasteiger partial charge is 0.237 e. The molecule has 160 valence electrons. The standard InChI is InChI=1S/C25H33N3O2/c1-30-23-4-2-3-18(12-23)16-28(24(29)17-27(8-7-26)22-5-6-22)25-13-19-9-20(14-25)11-21(10-19)15-25/h2-4,12,19-22H,5-6,8-11,13-17H2,1H3. The second-order valence-corrected chi connectivity index (χ2v) is 10.3. The van der Waals surface area contributed by atoms with E-state index in [0.29, 0.717) is 25.7 Å². The number of amides is 1. The van der Waals surface area contributed by atoms with E-state index in [1.165, 1.54) is 19.3 Å². The molecule has 30 heavy (non-hydrogen) atoms. The van der Waals surface area contributed by atoms with Crippen LogP contribution in [0, 0.1) is 29.1 Å². The molecule has 0 atom stereocenters. The SMILES string of the molecule is COc1cccc(CN(C(=O)CN(CC#N)C2CC2)C23CC4CC(CC(C4)C2)C3)c1. The molecule has 5 fully saturated rings. The third-order valence-electron chi connectivity index (χ3n) is 8.03. The minimum atomic E-state index is 0.0107. The van der Waals surface area contributed by atoms with Crippen molar-refractivity contribution in [2.24, 2.45) is 17.8 Å². The van der Waals surface area contributed by atoms with Gasteiger partial charge in [0.25, 0.3) is 0 Å². The fraction of sp³-hybridized carbons (Fsp3) is 0.680.